The summed E-state index contributed by atoms with van der Waals surface area (Å²) in [5.41, 5.74) is 6.29. The van der Waals surface area contributed by atoms with E-state index in [4.69, 9.17) is 9.97 Å². The van der Waals surface area contributed by atoms with E-state index < -0.39 is 0 Å². The number of hydrogen-bond donors (Lipinski definition) is 0. The molecule has 0 fully saturated rings. The number of pyridine rings is 1. The summed E-state index contributed by atoms with van der Waals surface area (Å²) in [7, 11) is 0. The number of aryl methyl sites for hydroxylation is 2. The summed E-state index contributed by atoms with van der Waals surface area (Å²) >= 11 is 0. The van der Waals surface area contributed by atoms with Gasteiger partial charge in [-0.05, 0) is 52.3 Å². The average Bonchev–Trinajstić information content (AvgIpc) is 2.61. The van der Waals surface area contributed by atoms with E-state index in [2.05, 4.69) is 63.0 Å². The molecule has 1 aromatic carbocycles. The Labute approximate surface area is 155 Å². The number of aromatic nitrogens is 3. The summed E-state index contributed by atoms with van der Waals surface area (Å²) in [6.45, 7) is 10.5. The Morgan fingerprint density at radius 2 is 1.73 bits per heavy atom. The second-order valence-electron chi connectivity index (χ2n) is 6.80. The van der Waals surface area contributed by atoms with Crippen molar-refractivity contribution >= 4 is 11.6 Å². The van der Waals surface area contributed by atoms with Gasteiger partial charge in [0.05, 0.1) is 11.0 Å². The van der Waals surface area contributed by atoms with Gasteiger partial charge < -0.3 is 0 Å². The minimum atomic E-state index is 0.676. The van der Waals surface area contributed by atoms with Crippen molar-refractivity contribution in [3.8, 4) is 22.8 Å². The van der Waals surface area contributed by atoms with Crippen molar-refractivity contribution in [2.24, 2.45) is 0 Å². The number of rotatable bonds is 3. The minimum Gasteiger partial charge on any atom is -0.250 e. The lowest BCUT2D eigenvalue weighted by Crippen LogP contribution is -2.33. The molecule has 26 heavy (non-hydrogen) atoms. The van der Waals surface area contributed by atoms with Crippen molar-refractivity contribution in [2.75, 3.05) is 0 Å². The van der Waals surface area contributed by atoms with Gasteiger partial charge in [-0.1, -0.05) is 48.4 Å². The molecule has 0 radical (unpaired) electrons. The van der Waals surface area contributed by atoms with Crippen molar-refractivity contribution in [3.63, 3.8) is 0 Å². The Morgan fingerprint density at radius 3 is 2.38 bits per heavy atom. The summed E-state index contributed by atoms with van der Waals surface area (Å²) in [6.07, 6.45) is 3.09. The van der Waals surface area contributed by atoms with Crippen LogP contribution in [0.2, 0.25) is 0 Å². The van der Waals surface area contributed by atoms with Gasteiger partial charge >= 0.3 is 0 Å². The highest BCUT2D eigenvalue weighted by molar-refractivity contribution is 5.66. The molecule has 0 atom stereocenters. The van der Waals surface area contributed by atoms with Crippen LogP contribution in [0.4, 0.5) is 0 Å². The topological polar surface area (TPSA) is 38.7 Å². The molecule has 2 heterocycles. The van der Waals surface area contributed by atoms with E-state index in [0.29, 0.717) is 5.82 Å². The fourth-order valence-corrected chi connectivity index (χ4v) is 3.10. The standard InChI is InChI=1S/C23H25N3/c1-6-9-19-21(15(2)3)22(18-12-7-10-16(4)14-18)26-23(25-19)20-13-8-11-17(5)24-20/h7-14H,6H2,1-5H3/b19-9+. The summed E-state index contributed by atoms with van der Waals surface area (Å²) in [4.78, 5) is 14.4. The van der Waals surface area contributed by atoms with Crippen molar-refractivity contribution < 1.29 is 0 Å². The molecule has 132 valence electrons. The lowest BCUT2D eigenvalue weighted by Gasteiger charge is -2.09. The first-order valence-corrected chi connectivity index (χ1v) is 9.06. The van der Waals surface area contributed by atoms with E-state index in [-0.39, 0.29) is 0 Å². The van der Waals surface area contributed by atoms with Gasteiger partial charge in [-0.15, -0.1) is 0 Å². The molecule has 0 saturated carbocycles. The zero-order valence-corrected chi connectivity index (χ0v) is 16.2. The van der Waals surface area contributed by atoms with Crippen LogP contribution in [-0.4, -0.2) is 15.0 Å². The van der Waals surface area contributed by atoms with Crippen LogP contribution in [0.3, 0.4) is 0 Å². The Bertz CT molecular complexity index is 1060. The molecule has 0 spiro atoms. The molecule has 0 aliphatic heterocycles. The van der Waals surface area contributed by atoms with Crippen LogP contribution in [0, 0.1) is 13.8 Å². The smallest absolute Gasteiger partial charge is 0.179 e. The lowest BCUT2D eigenvalue weighted by atomic mass is 10.0. The van der Waals surface area contributed by atoms with E-state index in [9.17, 15) is 0 Å². The van der Waals surface area contributed by atoms with Crippen LogP contribution in [0.25, 0.3) is 34.4 Å². The van der Waals surface area contributed by atoms with E-state index >= 15 is 0 Å². The first-order valence-electron chi connectivity index (χ1n) is 9.06. The number of benzene rings is 1. The summed E-state index contributed by atoms with van der Waals surface area (Å²) < 4.78 is 0. The van der Waals surface area contributed by atoms with E-state index in [0.717, 1.165) is 39.6 Å². The Morgan fingerprint density at radius 1 is 0.962 bits per heavy atom. The van der Waals surface area contributed by atoms with Crippen molar-refractivity contribution in [2.45, 2.75) is 41.0 Å². The third-order valence-corrected chi connectivity index (χ3v) is 4.24. The van der Waals surface area contributed by atoms with E-state index in [1.54, 1.807) is 0 Å². The summed E-state index contributed by atoms with van der Waals surface area (Å²) in [5, 5.41) is 2.10. The highest BCUT2D eigenvalue weighted by Gasteiger charge is 2.11. The summed E-state index contributed by atoms with van der Waals surface area (Å²) in [6, 6.07) is 14.4. The van der Waals surface area contributed by atoms with Crippen LogP contribution in [0.5, 0.6) is 0 Å². The first kappa shape index (κ1) is 18.0. The monoisotopic (exact) mass is 343 g/mol. The van der Waals surface area contributed by atoms with Crippen LogP contribution < -0.4 is 10.6 Å². The maximum atomic E-state index is 4.95. The van der Waals surface area contributed by atoms with Gasteiger partial charge in [0.2, 0.25) is 0 Å². The third kappa shape index (κ3) is 3.72. The third-order valence-electron chi connectivity index (χ3n) is 4.24. The Kier molecular flexibility index (Phi) is 5.27. The predicted octanol–water partition coefficient (Wildman–Crippen LogP) is 4.20. The fraction of sp³-hybridized carbons (Fsp3) is 0.261. The quantitative estimate of drug-likeness (QED) is 0.715. The van der Waals surface area contributed by atoms with Gasteiger partial charge in [0.15, 0.2) is 5.82 Å². The highest BCUT2D eigenvalue weighted by Crippen LogP contribution is 2.18. The molecule has 3 nitrogen and oxygen atoms in total. The zero-order chi connectivity index (χ0) is 18.7. The van der Waals surface area contributed by atoms with Gasteiger partial charge in [-0.25, -0.2) is 15.0 Å². The van der Waals surface area contributed by atoms with Gasteiger partial charge in [0, 0.05) is 16.5 Å². The number of hydrogen-bond acceptors (Lipinski definition) is 3. The second kappa shape index (κ2) is 7.61. The molecule has 0 amide bonds. The van der Waals surface area contributed by atoms with E-state index in [1.165, 1.54) is 11.1 Å². The molecular weight excluding hydrogens is 318 g/mol. The Balaban J connectivity index is 2.41. The molecular formula is C23H25N3. The molecule has 0 aliphatic carbocycles. The average molecular weight is 343 g/mol. The first-order chi connectivity index (χ1) is 12.5. The Hall–Kier alpha value is -2.81. The molecule has 0 bridgehead atoms. The molecule has 0 unspecified atom stereocenters. The highest BCUT2D eigenvalue weighted by atomic mass is 14.9. The summed E-state index contributed by atoms with van der Waals surface area (Å²) in [5.74, 6) is 0.676. The molecule has 3 heteroatoms. The van der Waals surface area contributed by atoms with Crippen LogP contribution in [0.15, 0.2) is 42.5 Å². The largest absolute Gasteiger partial charge is 0.250 e. The molecule has 0 aliphatic rings. The SMILES string of the molecule is CC/C=c1/nc(-c2cccc(C)n2)nc(-c2cccc(C)c2)c1=C(C)C. The van der Waals surface area contributed by atoms with Crippen LogP contribution >= 0.6 is 0 Å². The molecule has 0 N–H and O–H groups in total. The van der Waals surface area contributed by atoms with Gasteiger partial charge in [-0.2, -0.15) is 0 Å². The molecule has 3 aromatic rings. The van der Waals surface area contributed by atoms with Gasteiger partial charge in [0.25, 0.3) is 0 Å². The fourth-order valence-electron chi connectivity index (χ4n) is 3.10. The molecule has 0 saturated heterocycles. The van der Waals surface area contributed by atoms with Gasteiger partial charge in [0.1, 0.15) is 5.69 Å². The minimum absolute atomic E-state index is 0.676. The van der Waals surface area contributed by atoms with Crippen LogP contribution in [-0.2, 0) is 0 Å². The van der Waals surface area contributed by atoms with Crippen molar-refractivity contribution in [1.29, 1.82) is 0 Å². The van der Waals surface area contributed by atoms with Crippen LogP contribution in [0.1, 0.15) is 38.4 Å². The van der Waals surface area contributed by atoms with E-state index in [1.807, 2.05) is 25.1 Å². The normalized spacial score (nSPS) is 11.7. The van der Waals surface area contributed by atoms with Crippen molar-refractivity contribution in [3.05, 3.63) is 64.3 Å². The van der Waals surface area contributed by atoms with Gasteiger partial charge in [-0.3, -0.25) is 0 Å². The zero-order valence-electron chi connectivity index (χ0n) is 16.2. The molecule has 3 rings (SSSR count). The van der Waals surface area contributed by atoms with Crippen molar-refractivity contribution in [1.82, 2.24) is 15.0 Å². The predicted molar refractivity (Wildman–Crippen MR) is 109 cm³/mol. The number of nitrogens with zero attached hydrogens (tertiary/aromatic N) is 3. The maximum Gasteiger partial charge on any atom is 0.179 e. The second-order valence-corrected chi connectivity index (χ2v) is 6.80. The lowest BCUT2D eigenvalue weighted by molar-refractivity contribution is 1.06. The molecule has 2 aromatic heterocycles. The maximum absolute atomic E-state index is 4.95.